The summed E-state index contributed by atoms with van der Waals surface area (Å²) in [4.78, 5) is 12.4. The smallest absolute Gasteiger partial charge is 0.251 e. The van der Waals surface area contributed by atoms with Crippen LogP contribution >= 0.6 is 15.9 Å². The highest BCUT2D eigenvalue weighted by Gasteiger charge is 2.24. The van der Waals surface area contributed by atoms with Gasteiger partial charge in [0, 0.05) is 17.4 Å². The third-order valence-electron chi connectivity index (χ3n) is 4.50. The number of aryl methyl sites for hydroxylation is 2. The van der Waals surface area contributed by atoms with E-state index in [9.17, 15) is 4.79 Å². The van der Waals surface area contributed by atoms with Crippen LogP contribution in [0.4, 0.5) is 0 Å². The molecule has 1 aromatic rings. The summed E-state index contributed by atoms with van der Waals surface area (Å²) < 4.78 is 0. The minimum absolute atomic E-state index is 0.0829. The maximum absolute atomic E-state index is 12.4. The number of carbonyl (C=O) groups is 1. The van der Waals surface area contributed by atoms with Gasteiger partial charge in [0.2, 0.25) is 0 Å². The summed E-state index contributed by atoms with van der Waals surface area (Å²) in [5.74, 6) is 1.41. The number of carbonyl (C=O) groups excluding carboxylic acids is 1. The van der Waals surface area contributed by atoms with Crippen LogP contribution in [0.25, 0.3) is 0 Å². The average Bonchev–Trinajstić information content (AvgIpc) is 2.45. The monoisotopic (exact) mass is 337 g/mol. The van der Waals surface area contributed by atoms with E-state index < -0.39 is 0 Å². The van der Waals surface area contributed by atoms with Crippen molar-refractivity contribution in [2.45, 2.75) is 39.5 Å². The fourth-order valence-electron chi connectivity index (χ4n) is 3.24. The van der Waals surface area contributed by atoms with Crippen LogP contribution in [0, 0.1) is 25.7 Å². The number of amides is 1. The van der Waals surface area contributed by atoms with E-state index in [0.717, 1.165) is 28.6 Å². The molecule has 1 aliphatic rings. The molecule has 0 aliphatic heterocycles. The molecule has 20 heavy (non-hydrogen) atoms. The molecule has 2 atom stereocenters. The van der Waals surface area contributed by atoms with E-state index in [-0.39, 0.29) is 5.91 Å². The van der Waals surface area contributed by atoms with Crippen molar-refractivity contribution in [1.82, 2.24) is 5.32 Å². The first kappa shape index (κ1) is 15.6. The van der Waals surface area contributed by atoms with Crippen molar-refractivity contribution < 1.29 is 4.79 Å². The third kappa shape index (κ3) is 3.63. The molecule has 0 bridgehead atoms. The molecular weight excluding hydrogens is 314 g/mol. The van der Waals surface area contributed by atoms with E-state index >= 15 is 0 Å². The molecule has 2 nitrogen and oxygen atoms in total. The van der Waals surface area contributed by atoms with E-state index in [1.807, 2.05) is 32.0 Å². The molecule has 1 fully saturated rings. The molecule has 2 rings (SSSR count). The summed E-state index contributed by atoms with van der Waals surface area (Å²) in [7, 11) is 0. The SMILES string of the molecule is Cc1cccc(C)c1C(=O)NCC1CCCCC1CBr. The molecule has 0 saturated heterocycles. The predicted octanol–water partition coefficient (Wildman–Crippen LogP) is 4.23. The summed E-state index contributed by atoms with van der Waals surface area (Å²) in [5, 5.41) is 4.21. The molecule has 0 heterocycles. The number of halogens is 1. The lowest BCUT2D eigenvalue weighted by molar-refractivity contribution is 0.0936. The first-order valence-electron chi connectivity index (χ1n) is 7.54. The second kappa shape index (κ2) is 7.26. The predicted molar refractivity (Wildman–Crippen MR) is 87.5 cm³/mol. The van der Waals surface area contributed by atoms with Gasteiger partial charge in [0.25, 0.3) is 5.91 Å². The standard InChI is InChI=1S/C17H24BrNO/c1-12-6-5-7-13(2)16(12)17(20)19-11-15-9-4-3-8-14(15)10-18/h5-7,14-15H,3-4,8-11H2,1-2H3,(H,19,20). The molecule has 3 heteroatoms. The van der Waals surface area contributed by atoms with Crippen molar-refractivity contribution in [1.29, 1.82) is 0 Å². The van der Waals surface area contributed by atoms with Crippen molar-refractivity contribution in [3.63, 3.8) is 0 Å². The van der Waals surface area contributed by atoms with Gasteiger partial charge in [-0.3, -0.25) is 4.79 Å². The van der Waals surface area contributed by atoms with Gasteiger partial charge in [-0.25, -0.2) is 0 Å². The van der Waals surface area contributed by atoms with Gasteiger partial charge in [-0.05, 0) is 49.7 Å². The molecular formula is C17H24BrNO. The van der Waals surface area contributed by atoms with E-state index in [1.54, 1.807) is 0 Å². The van der Waals surface area contributed by atoms with Gasteiger partial charge in [0.15, 0.2) is 0 Å². The summed E-state index contributed by atoms with van der Waals surface area (Å²) in [6.07, 6.45) is 5.16. The zero-order valence-electron chi connectivity index (χ0n) is 12.4. The van der Waals surface area contributed by atoms with E-state index in [4.69, 9.17) is 0 Å². The quantitative estimate of drug-likeness (QED) is 0.818. The fourth-order valence-corrected chi connectivity index (χ4v) is 4.09. The van der Waals surface area contributed by atoms with Crippen molar-refractivity contribution >= 4 is 21.8 Å². The van der Waals surface area contributed by atoms with Crippen molar-refractivity contribution in [2.75, 3.05) is 11.9 Å². The first-order chi connectivity index (χ1) is 9.63. The van der Waals surface area contributed by atoms with Crippen LogP contribution in [0.15, 0.2) is 18.2 Å². The lowest BCUT2D eigenvalue weighted by Crippen LogP contribution is -2.35. The van der Waals surface area contributed by atoms with Gasteiger partial charge in [-0.1, -0.05) is 47.0 Å². The Hall–Kier alpha value is -0.830. The molecule has 110 valence electrons. The largest absolute Gasteiger partial charge is 0.352 e. The Labute approximate surface area is 130 Å². The second-order valence-corrected chi connectivity index (χ2v) is 6.58. The minimum Gasteiger partial charge on any atom is -0.352 e. The van der Waals surface area contributed by atoms with Crippen LogP contribution in [0.5, 0.6) is 0 Å². The van der Waals surface area contributed by atoms with Gasteiger partial charge >= 0.3 is 0 Å². The maximum atomic E-state index is 12.4. The van der Waals surface area contributed by atoms with Gasteiger partial charge in [0.1, 0.15) is 0 Å². The maximum Gasteiger partial charge on any atom is 0.251 e. The fraction of sp³-hybridized carbons (Fsp3) is 0.588. The van der Waals surface area contributed by atoms with Crippen LogP contribution in [-0.4, -0.2) is 17.8 Å². The zero-order valence-corrected chi connectivity index (χ0v) is 14.0. The molecule has 2 unspecified atom stereocenters. The molecule has 1 aliphatic carbocycles. The Morgan fingerprint density at radius 3 is 2.40 bits per heavy atom. The highest BCUT2D eigenvalue weighted by atomic mass is 79.9. The lowest BCUT2D eigenvalue weighted by Gasteiger charge is -2.30. The number of benzene rings is 1. The molecule has 1 saturated carbocycles. The molecule has 1 N–H and O–H groups in total. The van der Waals surface area contributed by atoms with Gasteiger partial charge in [-0.2, -0.15) is 0 Å². The number of hydrogen-bond donors (Lipinski definition) is 1. The topological polar surface area (TPSA) is 29.1 Å². The molecule has 0 radical (unpaired) electrons. The van der Waals surface area contributed by atoms with E-state index in [2.05, 4.69) is 21.2 Å². The van der Waals surface area contributed by atoms with E-state index in [0.29, 0.717) is 11.8 Å². The summed E-state index contributed by atoms with van der Waals surface area (Å²) in [5.41, 5.74) is 2.96. The summed E-state index contributed by atoms with van der Waals surface area (Å²) in [6, 6.07) is 6.01. The molecule has 0 aromatic heterocycles. The highest BCUT2D eigenvalue weighted by molar-refractivity contribution is 9.09. The Morgan fingerprint density at radius 2 is 1.80 bits per heavy atom. The lowest BCUT2D eigenvalue weighted by atomic mass is 9.80. The van der Waals surface area contributed by atoms with Crippen molar-refractivity contribution in [3.05, 3.63) is 34.9 Å². The zero-order chi connectivity index (χ0) is 14.5. The van der Waals surface area contributed by atoms with Crippen molar-refractivity contribution in [2.24, 2.45) is 11.8 Å². The number of rotatable bonds is 4. The summed E-state index contributed by atoms with van der Waals surface area (Å²) >= 11 is 3.61. The number of nitrogens with one attached hydrogen (secondary N) is 1. The number of alkyl halides is 1. The Morgan fingerprint density at radius 1 is 1.20 bits per heavy atom. The Bertz CT molecular complexity index is 452. The van der Waals surface area contributed by atoms with Crippen LogP contribution in [0.2, 0.25) is 0 Å². The van der Waals surface area contributed by atoms with Crippen LogP contribution in [0.3, 0.4) is 0 Å². The average molecular weight is 338 g/mol. The molecule has 0 spiro atoms. The Balaban J connectivity index is 1.98. The van der Waals surface area contributed by atoms with Crippen LogP contribution < -0.4 is 5.32 Å². The normalized spacial score (nSPS) is 22.6. The van der Waals surface area contributed by atoms with Crippen LogP contribution in [0.1, 0.15) is 47.2 Å². The highest BCUT2D eigenvalue weighted by Crippen LogP contribution is 2.30. The third-order valence-corrected chi connectivity index (χ3v) is 5.33. The van der Waals surface area contributed by atoms with E-state index in [1.165, 1.54) is 25.7 Å². The Kier molecular flexibility index (Phi) is 5.64. The number of hydrogen-bond acceptors (Lipinski definition) is 1. The summed E-state index contributed by atoms with van der Waals surface area (Å²) in [6.45, 7) is 4.82. The van der Waals surface area contributed by atoms with Crippen molar-refractivity contribution in [3.8, 4) is 0 Å². The minimum atomic E-state index is 0.0829. The molecule has 1 amide bonds. The second-order valence-electron chi connectivity index (χ2n) is 5.94. The van der Waals surface area contributed by atoms with Gasteiger partial charge in [-0.15, -0.1) is 0 Å². The van der Waals surface area contributed by atoms with Gasteiger partial charge < -0.3 is 5.32 Å². The van der Waals surface area contributed by atoms with Gasteiger partial charge in [0.05, 0.1) is 0 Å². The molecule has 1 aromatic carbocycles. The first-order valence-corrected chi connectivity index (χ1v) is 8.66. The van der Waals surface area contributed by atoms with Crippen LogP contribution in [-0.2, 0) is 0 Å².